The molecule has 0 amide bonds. The predicted octanol–water partition coefficient (Wildman–Crippen LogP) is 2.10. The average Bonchev–Trinajstić information content (AvgIpc) is 3.08. The van der Waals surface area contributed by atoms with Crippen LogP contribution in [0.25, 0.3) is 5.69 Å². The Hall–Kier alpha value is -3.09. The number of para-hydroxylation sites is 1. The number of ether oxygens (including phenoxy) is 1. The van der Waals surface area contributed by atoms with Gasteiger partial charge >= 0.3 is 12.0 Å². The van der Waals surface area contributed by atoms with E-state index in [0.29, 0.717) is 6.01 Å². The van der Waals surface area contributed by atoms with Crippen LogP contribution in [0.3, 0.4) is 0 Å². The van der Waals surface area contributed by atoms with Crippen molar-refractivity contribution in [2.24, 2.45) is 7.05 Å². The first-order chi connectivity index (χ1) is 10.1. The number of carboxylic acid groups (broad SMARTS) is 1. The fourth-order valence-corrected chi connectivity index (χ4v) is 1.84. The van der Waals surface area contributed by atoms with E-state index in [9.17, 15) is 9.90 Å². The molecule has 106 valence electrons. The Labute approximate surface area is 120 Å². The minimum Gasteiger partial charge on any atom is -0.476 e. The first kappa shape index (κ1) is 12.9. The number of nitrogens with zero attached hydrogens (tertiary/aromatic N) is 4. The largest absolute Gasteiger partial charge is 0.476 e. The van der Waals surface area contributed by atoms with Gasteiger partial charge in [-0.2, -0.15) is 5.10 Å². The van der Waals surface area contributed by atoms with E-state index in [-0.39, 0.29) is 11.4 Å². The molecule has 0 aliphatic carbocycles. The molecule has 0 atom stereocenters. The number of carbonyl (C=O) groups is 1. The Morgan fingerprint density at radius 1 is 1.29 bits per heavy atom. The SMILES string of the molecule is Cn1ccnc1Oc1cn(-c2ccccc2)nc1C(=O)O. The molecule has 7 heteroatoms. The number of rotatable bonds is 4. The van der Waals surface area contributed by atoms with Gasteiger partial charge in [0.2, 0.25) is 5.69 Å². The molecule has 3 rings (SSSR count). The van der Waals surface area contributed by atoms with Gasteiger partial charge in [-0.1, -0.05) is 18.2 Å². The zero-order chi connectivity index (χ0) is 14.8. The van der Waals surface area contributed by atoms with Crippen LogP contribution in [-0.4, -0.2) is 30.4 Å². The highest BCUT2D eigenvalue weighted by molar-refractivity contribution is 5.88. The third-order valence-corrected chi connectivity index (χ3v) is 2.88. The number of hydrogen-bond acceptors (Lipinski definition) is 4. The monoisotopic (exact) mass is 284 g/mol. The van der Waals surface area contributed by atoms with Crippen molar-refractivity contribution in [2.45, 2.75) is 0 Å². The minimum absolute atomic E-state index is 0.139. The number of imidazole rings is 1. The number of aryl methyl sites for hydroxylation is 1. The molecule has 0 aliphatic rings. The highest BCUT2D eigenvalue weighted by Gasteiger charge is 2.19. The minimum atomic E-state index is -1.16. The van der Waals surface area contributed by atoms with Crippen LogP contribution in [0.1, 0.15) is 10.5 Å². The van der Waals surface area contributed by atoms with Gasteiger partial charge in [0.25, 0.3) is 0 Å². The van der Waals surface area contributed by atoms with E-state index in [0.717, 1.165) is 5.69 Å². The van der Waals surface area contributed by atoms with Crippen molar-refractivity contribution in [1.82, 2.24) is 19.3 Å². The second-order valence-corrected chi connectivity index (χ2v) is 4.35. The molecule has 0 bridgehead atoms. The predicted molar refractivity (Wildman–Crippen MR) is 73.8 cm³/mol. The summed E-state index contributed by atoms with van der Waals surface area (Å²) < 4.78 is 8.64. The molecule has 2 aromatic heterocycles. The van der Waals surface area contributed by atoms with E-state index in [1.807, 2.05) is 30.3 Å². The smallest absolute Gasteiger partial charge is 0.360 e. The summed E-state index contributed by atoms with van der Waals surface area (Å²) in [6, 6.07) is 9.50. The zero-order valence-electron chi connectivity index (χ0n) is 11.2. The van der Waals surface area contributed by atoms with Gasteiger partial charge in [-0.05, 0) is 12.1 Å². The molecule has 0 radical (unpaired) electrons. The maximum absolute atomic E-state index is 11.3. The Bertz CT molecular complexity index is 777. The summed E-state index contributed by atoms with van der Waals surface area (Å²) >= 11 is 0. The van der Waals surface area contributed by atoms with Crippen LogP contribution < -0.4 is 4.74 Å². The molecule has 7 nitrogen and oxygen atoms in total. The molecule has 0 spiro atoms. The quantitative estimate of drug-likeness (QED) is 0.793. The van der Waals surface area contributed by atoms with Crippen molar-refractivity contribution in [3.8, 4) is 17.4 Å². The molecule has 2 heterocycles. The third kappa shape index (κ3) is 2.48. The van der Waals surface area contributed by atoms with Gasteiger partial charge in [0.05, 0.1) is 11.9 Å². The van der Waals surface area contributed by atoms with Crippen LogP contribution in [-0.2, 0) is 7.05 Å². The second-order valence-electron chi connectivity index (χ2n) is 4.35. The lowest BCUT2D eigenvalue weighted by atomic mass is 10.3. The van der Waals surface area contributed by atoms with Crippen molar-refractivity contribution in [3.63, 3.8) is 0 Å². The first-order valence-electron chi connectivity index (χ1n) is 6.18. The van der Waals surface area contributed by atoms with Crippen molar-refractivity contribution in [2.75, 3.05) is 0 Å². The summed E-state index contributed by atoms with van der Waals surface area (Å²) in [5, 5.41) is 13.3. The van der Waals surface area contributed by atoms with Crippen LogP contribution in [0, 0.1) is 0 Å². The molecule has 1 aromatic carbocycles. The van der Waals surface area contributed by atoms with Crippen LogP contribution in [0.4, 0.5) is 0 Å². The first-order valence-corrected chi connectivity index (χ1v) is 6.18. The van der Waals surface area contributed by atoms with Gasteiger partial charge < -0.3 is 14.4 Å². The highest BCUT2D eigenvalue weighted by Crippen LogP contribution is 2.24. The summed E-state index contributed by atoms with van der Waals surface area (Å²) in [6.45, 7) is 0. The van der Waals surface area contributed by atoms with Crippen molar-refractivity contribution >= 4 is 5.97 Å². The summed E-state index contributed by atoms with van der Waals surface area (Å²) in [7, 11) is 1.75. The summed E-state index contributed by atoms with van der Waals surface area (Å²) in [5.41, 5.74) is 0.580. The summed E-state index contributed by atoms with van der Waals surface area (Å²) in [4.78, 5) is 15.3. The van der Waals surface area contributed by atoms with E-state index in [1.54, 1.807) is 24.0 Å². The lowest BCUT2D eigenvalue weighted by Crippen LogP contribution is -2.02. The second kappa shape index (κ2) is 5.12. The normalized spacial score (nSPS) is 10.5. The fourth-order valence-electron chi connectivity index (χ4n) is 1.84. The van der Waals surface area contributed by atoms with Crippen LogP contribution in [0.15, 0.2) is 48.9 Å². The van der Waals surface area contributed by atoms with Gasteiger partial charge in [-0.25, -0.2) is 14.5 Å². The van der Waals surface area contributed by atoms with Crippen LogP contribution in [0.2, 0.25) is 0 Å². The number of hydrogen-bond donors (Lipinski definition) is 1. The van der Waals surface area contributed by atoms with Crippen molar-refractivity contribution in [3.05, 3.63) is 54.6 Å². The Morgan fingerprint density at radius 3 is 2.67 bits per heavy atom. The lowest BCUT2D eigenvalue weighted by molar-refractivity contribution is 0.0687. The van der Waals surface area contributed by atoms with Gasteiger partial charge in [-0.3, -0.25) is 0 Å². The van der Waals surface area contributed by atoms with Crippen LogP contribution >= 0.6 is 0 Å². The van der Waals surface area contributed by atoms with Gasteiger partial charge in [0, 0.05) is 19.4 Å². The fraction of sp³-hybridized carbons (Fsp3) is 0.0714. The summed E-state index contributed by atoms with van der Waals surface area (Å²) in [5.74, 6) is -1.02. The van der Waals surface area contributed by atoms with Crippen molar-refractivity contribution in [1.29, 1.82) is 0 Å². The Kier molecular flexibility index (Phi) is 3.15. The number of aromatic nitrogens is 4. The Balaban J connectivity index is 2.01. The molecule has 1 N–H and O–H groups in total. The van der Waals surface area contributed by atoms with Gasteiger partial charge in [-0.15, -0.1) is 0 Å². The molecule has 0 fully saturated rings. The molecule has 0 unspecified atom stereocenters. The molecular weight excluding hydrogens is 272 g/mol. The molecule has 0 aliphatic heterocycles. The zero-order valence-corrected chi connectivity index (χ0v) is 11.2. The van der Waals surface area contributed by atoms with E-state index < -0.39 is 5.97 Å². The summed E-state index contributed by atoms with van der Waals surface area (Å²) in [6.07, 6.45) is 4.79. The Morgan fingerprint density at radius 2 is 2.05 bits per heavy atom. The molecule has 21 heavy (non-hydrogen) atoms. The molecule has 0 saturated carbocycles. The maximum atomic E-state index is 11.3. The maximum Gasteiger partial charge on any atom is 0.360 e. The standard InChI is InChI=1S/C14H12N4O3/c1-17-8-7-15-14(17)21-11-9-18(16-12(11)13(19)20)10-5-3-2-4-6-10/h2-9H,1H3,(H,19,20). The molecule has 3 aromatic rings. The molecular formula is C14H12N4O3. The van der Waals surface area contributed by atoms with E-state index in [1.165, 1.54) is 10.9 Å². The number of benzene rings is 1. The van der Waals surface area contributed by atoms with E-state index >= 15 is 0 Å². The number of carboxylic acids is 1. The third-order valence-electron chi connectivity index (χ3n) is 2.88. The van der Waals surface area contributed by atoms with Crippen LogP contribution in [0.5, 0.6) is 11.8 Å². The van der Waals surface area contributed by atoms with Crippen molar-refractivity contribution < 1.29 is 14.6 Å². The van der Waals surface area contributed by atoms with Gasteiger partial charge in [0.1, 0.15) is 0 Å². The number of aromatic carboxylic acids is 1. The van der Waals surface area contributed by atoms with E-state index in [2.05, 4.69) is 10.1 Å². The molecule has 0 saturated heterocycles. The van der Waals surface area contributed by atoms with Gasteiger partial charge in [0.15, 0.2) is 5.75 Å². The average molecular weight is 284 g/mol. The van der Waals surface area contributed by atoms with E-state index in [4.69, 9.17) is 4.74 Å². The highest BCUT2D eigenvalue weighted by atomic mass is 16.5. The lowest BCUT2D eigenvalue weighted by Gasteiger charge is -2.02. The topological polar surface area (TPSA) is 82.2 Å².